The number of hydrogen-bond donors (Lipinski definition) is 1. The van der Waals surface area contributed by atoms with Crippen LogP contribution in [-0.2, 0) is 4.79 Å². The van der Waals surface area contributed by atoms with Gasteiger partial charge in [0.1, 0.15) is 0 Å². The number of hydrogen-bond acceptors (Lipinski definition) is 5. The van der Waals surface area contributed by atoms with Gasteiger partial charge in [-0.2, -0.15) is 5.26 Å². The maximum absolute atomic E-state index is 13.2. The van der Waals surface area contributed by atoms with Gasteiger partial charge in [0.25, 0.3) is 5.91 Å². The number of aliphatic hydroxyl groups excluding tert-OH is 1. The molecule has 29 heavy (non-hydrogen) atoms. The summed E-state index contributed by atoms with van der Waals surface area (Å²) < 4.78 is 0. The Balaban J connectivity index is 1.90. The number of thiophene rings is 1. The average Bonchev–Trinajstić information content (AvgIpc) is 3.36. The number of carbonyl (C=O) groups excluding carboxylic acids is 2. The minimum atomic E-state index is -0.758. The third kappa shape index (κ3) is 3.12. The van der Waals surface area contributed by atoms with Crippen molar-refractivity contribution in [2.45, 2.75) is 13.0 Å². The number of rotatable bonds is 4. The SMILES string of the molecule is Cc1ccccc1C1C(C(=O)c2cccs2)=C(O)C(=O)N1c1ccc(C#N)cc1. The van der Waals surface area contributed by atoms with Crippen molar-refractivity contribution in [3.63, 3.8) is 0 Å². The molecule has 1 aliphatic rings. The van der Waals surface area contributed by atoms with Gasteiger partial charge in [-0.25, -0.2) is 0 Å². The van der Waals surface area contributed by atoms with E-state index in [1.807, 2.05) is 37.3 Å². The van der Waals surface area contributed by atoms with Gasteiger partial charge in [0.2, 0.25) is 5.78 Å². The van der Waals surface area contributed by atoms with Crippen molar-refractivity contribution in [2.24, 2.45) is 0 Å². The Bertz CT molecular complexity index is 1170. The number of amides is 1. The number of benzene rings is 2. The normalized spacial score (nSPS) is 16.2. The summed E-state index contributed by atoms with van der Waals surface area (Å²) >= 11 is 1.26. The van der Waals surface area contributed by atoms with Crippen molar-refractivity contribution in [2.75, 3.05) is 4.90 Å². The molecule has 0 saturated heterocycles. The number of carbonyl (C=O) groups is 2. The molecule has 2 heterocycles. The zero-order chi connectivity index (χ0) is 20.5. The van der Waals surface area contributed by atoms with E-state index in [0.717, 1.165) is 11.1 Å². The fourth-order valence-corrected chi connectivity index (χ4v) is 4.21. The molecule has 3 aromatic rings. The first kappa shape index (κ1) is 18.7. The van der Waals surface area contributed by atoms with Crippen LogP contribution in [0.3, 0.4) is 0 Å². The molecule has 2 aromatic carbocycles. The highest BCUT2D eigenvalue weighted by Gasteiger charge is 2.45. The largest absolute Gasteiger partial charge is 0.503 e. The maximum Gasteiger partial charge on any atom is 0.294 e. The van der Waals surface area contributed by atoms with Gasteiger partial charge in [-0.3, -0.25) is 14.5 Å². The predicted octanol–water partition coefficient (Wildman–Crippen LogP) is 4.71. The monoisotopic (exact) mass is 400 g/mol. The fraction of sp³-hybridized carbons (Fsp3) is 0.0870. The van der Waals surface area contributed by atoms with Gasteiger partial charge in [0.05, 0.1) is 28.1 Å². The lowest BCUT2D eigenvalue weighted by Gasteiger charge is -2.28. The van der Waals surface area contributed by atoms with Crippen molar-refractivity contribution in [1.82, 2.24) is 0 Å². The van der Waals surface area contributed by atoms with Gasteiger partial charge >= 0.3 is 0 Å². The summed E-state index contributed by atoms with van der Waals surface area (Å²) in [6, 6.07) is 18.7. The van der Waals surface area contributed by atoms with E-state index in [2.05, 4.69) is 0 Å². The highest BCUT2D eigenvalue weighted by Crippen LogP contribution is 2.43. The van der Waals surface area contributed by atoms with Crippen LogP contribution in [0.5, 0.6) is 0 Å². The lowest BCUT2D eigenvalue weighted by molar-refractivity contribution is -0.117. The predicted molar refractivity (Wildman–Crippen MR) is 111 cm³/mol. The van der Waals surface area contributed by atoms with Crippen LogP contribution >= 0.6 is 11.3 Å². The van der Waals surface area contributed by atoms with Crippen molar-refractivity contribution >= 4 is 28.7 Å². The van der Waals surface area contributed by atoms with Crippen LogP contribution in [0.2, 0.25) is 0 Å². The van der Waals surface area contributed by atoms with E-state index >= 15 is 0 Å². The summed E-state index contributed by atoms with van der Waals surface area (Å²) in [7, 11) is 0. The van der Waals surface area contributed by atoms with E-state index in [4.69, 9.17) is 5.26 Å². The van der Waals surface area contributed by atoms with Gasteiger partial charge in [-0.1, -0.05) is 30.3 Å². The number of nitriles is 1. The molecule has 142 valence electrons. The second kappa shape index (κ2) is 7.38. The topological polar surface area (TPSA) is 81.4 Å². The molecule has 1 atom stereocenters. The molecule has 0 saturated carbocycles. The van der Waals surface area contributed by atoms with Gasteiger partial charge in [0.15, 0.2) is 5.76 Å². The molecule has 4 rings (SSSR count). The van der Waals surface area contributed by atoms with E-state index in [0.29, 0.717) is 16.1 Å². The summed E-state index contributed by atoms with van der Waals surface area (Å²) in [4.78, 5) is 28.1. The number of anilines is 1. The standard InChI is InChI=1S/C23H16N2O3S/c1-14-5-2-3-6-17(14)20-19(21(26)18-7-4-12-29-18)22(27)23(28)25(20)16-10-8-15(13-24)9-11-16/h2-12,20,27H,1H3. The van der Waals surface area contributed by atoms with Crippen LogP contribution in [0.15, 0.2) is 77.4 Å². The summed E-state index contributed by atoms with van der Waals surface area (Å²) in [5.74, 6) is -1.54. The second-order valence-electron chi connectivity index (χ2n) is 6.66. The summed E-state index contributed by atoms with van der Waals surface area (Å²) in [5.41, 5.74) is 2.68. The van der Waals surface area contributed by atoms with Crippen molar-refractivity contribution in [3.8, 4) is 6.07 Å². The Morgan fingerprint density at radius 2 is 1.83 bits per heavy atom. The lowest BCUT2D eigenvalue weighted by Crippen LogP contribution is -2.31. The molecule has 0 fully saturated rings. The highest BCUT2D eigenvalue weighted by molar-refractivity contribution is 7.12. The molecule has 1 unspecified atom stereocenters. The molecule has 1 N–H and O–H groups in total. The Hall–Kier alpha value is -3.69. The molecular formula is C23H16N2O3S. The number of aliphatic hydroxyl groups is 1. The number of nitrogens with zero attached hydrogens (tertiary/aromatic N) is 2. The Morgan fingerprint density at radius 3 is 2.45 bits per heavy atom. The van der Waals surface area contributed by atoms with Gasteiger partial charge in [0, 0.05) is 5.69 Å². The first-order valence-electron chi connectivity index (χ1n) is 8.93. The third-order valence-electron chi connectivity index (χ3n) is 4.96. The smallest absolute Gasteiger partial charge is 0.294 e. The quantitative estimate of drug-likeness (QED) is 0.643. The van der Waals surface area contributed by atoms with E-state index < -0.39 is 17.7 Å². The molecule has 5 nitrogen and oxygen atoms in total. The molecule has 1 aromatic heterocycles. The average molecular weight is 400 g/mol. The van der Waals surface area contributed by atoms with E-state index in [1.54, 1.807) is 41.8 Å². The van der Waals surface area contributed by atoms with Crippen molar-refractivity contribution < 1.29 is 14.7 Å². The highest BCUT2D eigenvalue weighted by atomic mass is 32.1. The van der Waals surface area contributed by atoms with Crippen LogP contribution in [-0.4, -0.2) is 16.8 Å². The Labute approximate surface area is 171 Å². The number of Topliss-reactive ketones (excluding diaryl/α,β-unsaturated/α-hetero) is 1. The molecule has 0 radical (unpaired) electrons. The number of aryl methyl sites for hydroxylation is 1. The Kier molecular flexibility index (Phi) is 4.75. The summed E-state index contributed by atoms with van der Waals surface area (Å²) in [5, 5.41) is 21.5. The van der Waals surface area contributed by atoms with Crippen molar-refractivity contribution in [3.05, 3.63) is 98.9 Å². The summed E-state index contributed by atoms with van der Waals surface area (Å²) in [6.45, 7) is 1.90. The van der Waals surface area contributed by atoms with E-state index in [-0.39, 0.29) is 11.4 Å². The van der Waals surface area contributed by atoms with Crippen LogP contribution in [0.25, 0.3) is 0 Å². The first-order chi connectivity index (χ1) is 14.0. The minimum Gasteiger partial charge on any atom is -0.503 e. The van der Waals surface area contributed by atoms with Crippen LogP contribution in [0, 0.1) is 18.3 Å². The van der Waals surface area contributed by atoms with Crippen LogP contribution in [0.1, 0.15) is 32.4 Å². The molecular weight excluding hydrogens is 384 g/mol. The van der Waals surface area contributed by atoms with Crippen LogP contribution in [0.4, 0.5) is 5.69 Å². The zero-order valence-electron chi connectivity index (χ0n) is 15.5. The van der Waals surface area contributed by atoms with Gasteiger partial charge in [-0.15, -0.1) is 11.3 Å². The fourth-order valence-electron chi connectivity index (χ4n) is 3.53. The third-order valence-corrected chi connectivity index (χ3v) is 5.82. The minimum absolute atomic E-state index is 0.0658. The molecule has 1 aliphatic heterocycles. The Morgan fingerprint density at radius 1 is 1.10 bits per heavy atom. The zero-order valence-corrected chi connectivity index (χ0v) is 16.3. The lowest BCUT2D eigenvalue weighted by atomic mass is 9.92. The molecule has 0 spiro atoms. The number of ketones is 1. The van der Waals surface area contributed by atoms with Crippen molar-refractivity contribution in [1.29, 1.82) is 5.26 Å². The molecule has 6 heteroatoms. The van der Waals surface area contributed by atoms with E-state index in [9.17, 15) is 14.7 Å². The van der Waals surface area contributed by atoms with Gasteiger partial charge in [-0.05, 0) is 53.8 Å². The second-order valence-corrected chi connectivity index (χ2v) is 7.61. The maximum atomic E-state index is 13.2. The summed E-state index contributed by atoms with van der Waals surface area (Å²) in [6.07, 6.45) is 0. The molecule has 1 amide bonds. The van der Waals surface area contributed by atoms with Gasteiger partial charge < -0.3 is 5.11 Å². The van der Waals surface area contributed by atoms with E-state index in [1.165, 1.54) is 16.2 Å². The first-order valence-corrected chi connectivity index (χ1v) is 9.81. The molecule has 0 bridgehead atoms. The molecule has 0 aliphatic carbocycles. The van der Waals surface area contributed by atoms with Crippen LogP contribution < -0.4 is 4.90 Å².